The maximum absolute atomic E-state index is 11.9. The quantitative estimate of drug-likeness (QED) is 0.848. The summed E-state index contributed by atoms with van der Waals surface area (Å²) < 4.78 is 23.9. The standard InChI is InChI=1S/C11H16ClNO2S/c1-8(2)5-6-16(14,15)11-4-3-9(13)7-10(11)12/h3-4,7-8H,5-6,13H2,1-2H3. The molecule has 0 fully saturated rings. The molecule has 0 aliphatic carbocycles. The molecule has 0 saturated heterocycles. The van der Waals surface area contributed by atoms with Crippen LogP contribution in [0, 0.1) is 5.92 Å². The summed E-state index contributed by atoms with van der Waals surface area (Å²) in [6.45, 7) is 3.97. The topological polar surface area (TPSA) is 60.2 Å². The molecule has 16 heavy (non-hydrogen) atoms. The van der Waals surface area contributed by atoms with Crippen molar-refractivity contribution in [1.82, 2.24) is 0 Å². The monoisotopic (exact) mass is 261 g/mol. The van der Waals surface area contributed by atoms with Gasteiger partial charge in [-0.3, -0.25) is 0 Å². The van der Waals surface area contributed by atoms with Gasteiger partial charge in [-0.2, -0.15) is 0 Å². The van der Waals surface area contributed by atoms with E-state index in [4.69, 9.17) is 17.3 Å². The van der Waals surface area contributed by atoms with Crippen LogP contribution in [-0.2, 0) is 9.84 Å². The third kappa shape index (κ3) is 3.39. The normalized spacial score (nSPS) is 12.0. The Morgan fingerprint density at radius 2 is 2.00 bits per heavy atom. The highest BCUT2D eigenvalue weighted by molar-refractivity contribution is 7.91. The summed E-state index contributed by atoms with van der Waals surface area (Å²) >= 11 is 5.87. The van der Waals surface area contributed by atoms with Gasteiger partial charge in [-0.15, -0.1) is 0 Å². The summed E-state index contributed by atoms with van der Waals surface area (Å²) in [5.74, 6) is 0.469. The first-order valence-electron chi connectivity index (χ1n) is 5.10. The Kier molecular flexibility index (Phi) is 4.21. The smallest absolute Gasteiger partial charge is 0.179 e. The van der Waals surface area contributed by atoms with Crippen molar-refractivity contribution < 1.29 is 8.42 Å². The van der Waals surface area contributed by atoms with Gasteiger partial charge in [0, 0.05) is 5.69 Å². The molecule has 0 aromatic heterocycles. The summed E-state index contributed by atoms with van der Waals surface area (Å²) in [5.41, 5.74) is 5.98. The van der Waals surface area contributed by atoms with Gasteiger partial charge in [0.25, 0.3) is 0 Å². The van der Waals surface area contributed by atoms with E-state index in [-0.39, 0.29) is 15.7 Å². The molecule has 1 rings (SSSR count). The Hall–Kier alpha value is -0.740. The number of halogens is 1. The highest BCUT2D eigenvalue weighted by Gasteiger charge is 2.18. The van der Waals surface area contributed by atoms with Crippen molar-refractivity contribution in [2.24, 2.45) is 5.92 Å². The molecule has 0 radical (unpaired) electrons. The van der Waals surface area contributed by atoms with Crippen molar-refractivity contribution in [3.8, 4) is 0 Å². The van der Waals surface area contributed by atoms with E-state index in [2.05, 4.69) is 0 Å². The molecule has 0 unspecified atom stereocenters. The van der Waals surface area contributed by atoms with E-state index < -0.39 is 9.84 Å². The fraction of sp³-hybridized carbons (Fsp3) is 0.455. The molecule has 0 heterocycles. The molecule has 1 aromatic carbocycles. The van der Waals surface area contributed by atoms with Gasteiger partial charge in [-0.05, 0) is 30.5 Å². The number of benzene rings is 1. The number of anilines is 1. The highest BCUT2D eigenvalue weighted by atomic mass is 35.5. The lowest BCUT2D eigenvalue weighted by Gasteiger charge is -2.08. The molecular weight excluding hydrogens is 246 g/mol. The van der Waals surface area contributed by atoms with Crippen LogP contribution in [0.5, 0.6) is 0 Å². The van der Waals surface area contributed by atoms with Crippen LogP contribution in [0.4, 0.5) is 5.69 Å². The molecule has 0 spiro atoms. The maximum Gasteiger partial charge on any atom is 0.179 e. The van der Waals surface area contributed by atoms with E-state index in [9.17, 15) is 8.42 Å². The largest absolute Gasteiger partial charge is 0.399 e. The molecule has 0 aliphatic rings. The molecule has 5 heteroatoms. The van der Waals surface area contributed by atoms with Crippen LogP contribution in [0.3, 0.4) is 0 Å². The predicted molar refractivity (Wildman–Crippen MR) is 67.4 cm³/mol. The summed E-state index contributed by atoms with van der Waals surface area (Å²) in [4.78, 5) is 0.170. The number of sulfone groups is 1. The molecule has 3 nitrogen and oxygen atoms in total. The summed E-state index contributed by atoms with van der Waals surface area (Å²) in [5, 5.41) is 0.198. The first kappa shape index (κ1) is 13.3. The lowest BCUT2D eigenvalue weighted by atomic mass is 10.2. The lowest BCUT2D eigenvalue weighted by molar-refractivity contribution is 0.574. The SMILES string of the molecule is CC(C)CCS(=O)(=O)c1ccc(N)cc1Cl. The van der Waals surface area contributed by atoms with Crippen molar-refractivity contribution in [1.29, 1.82) is 0 Å². The second-order valence-electron chi connectivity index (χ2n) is 4.19. The van der Waals surface area contributed by atoms with Gasteiger partial charge in [0.05, 0.1) is 15.7 Å². The van der Waals surface area contributed by atoms with Crippen molar-refractivity contribution in [3.05, 3.63) is 23.2 Å². The van der Waals surface area contributed by atoms with Gasteiger partial charge in [-0.1, -0.05) is 25.4 Å². The molecule has 0 saturated carbocycles. The summed E-state index contributed by atoms with van der Waals surface area (Å²) in [6.07, 6.45) is 0.628. The number of nitrogens with two attached hydrogens (primary N) is 1. The van der Waals surface area contributed by atoms with Gasteiger partial charge in [0.15, 0.2) is 9.84 Å². The van der Waals surface area contributed by atoms with Crippen LogP contribution < -0.4 is 5.73 Å². The maximum atomic E-state index is 11.9. The Morgan fingerprint density at radius 3 is 2.50 bits per heavy atom. The van der Waals surface area contributed by atoms with E-state index >= 15 is 0 Å². The Labute approximate surface area is 102 Å². The van der Waals surface area contributed by atoms with Crippen LogP contribution in [0.15, 0.2) is 23.1 Å². The molecule has 0 aliphatic heterocycles. The van der Waals surface area contributed by atoms with Crippen molar-refractivity contribution in [3.63, 3.8) is 0 Å². The van der Waals surface area contributed by atoms with Gasteiger partial charge >= 0.3 is 0 Å². The Balaban J connectivity index is 2.99. The zero-order valence-corrected chi connectivity index (χ0v) is 11.0. The second kappa shape index (κ2) is 5.06. The summed E-state index contributed by atoms with van der Waals surface area (Å²) in [6, 6.07) is 4.48. The first-order chi connectivity index (χ1) is 7.33. The third-order valence-corrected chi connectivity index (χ3v) is 4.48. The summed E-state index contributed by atoms with van der Waals surface area (Å²) in [7, 11) is -3.29. The molecule has 0 bridgehead atoms. The zero-order valence-electron chi connectivity index (χ0n) is 9.40. The molecule has 0 amide bonds. The number of hydrogen-bond acceptors (Lipinski definition) is 3. The second-order valence-corrected chi connectivity index (χ2v) is 6.68. The lowest BCUT2D eigenvalue weighted by Crippen LogP contribution is -2.09. The van der Waals surface area contributed by atoms with E-state index in [1.807, 2.05) is 13.8 Å². The van der Waals surface area contributed by atoms with Crippen LogP contribution in [0.2, 0.25) is 5.02 Å². The van der Waals surface area contributed by atoms with Gasteiger partial charge in [0.1, 0.15) is 0 Å². The molecule has 90 valence electrons. The fourth-order valence-corrected chi connectivity index (χ4v) is 3.44. The zero-order chi connectivity index (χ0) is 12.3. The molecule has 1 aromatic rings. The molecule has 0 atom stereocenters. The third-order valence-electron chi connectivity index (χ3n) is 2.25. The predicted octanol–water partition coefficient (Wildman–Crippen LogP) is 2.74. The Morgan fingerprint density at radius 1 is 1.38 bits per heavy atom. The van der Waals surface area contributed by atoms with Crippen LogP contribution in [0.25, 0.3) is 0 Å². The average molecular weight is 262 g/mol. The number of hydrogen-bond donors (Lipinski definition) is 1. The minimum atomic E-state index is -3.29. The molecule has 2 N–H and O–H groups in total. The van der Waals surface area contributed by atoms with Crippen LogP contribution >= 0.6 is 11.6 Å². The first-order valence-corrected chi connectivity index (χ1v) is 7.14. The average Bonchev–Trinajstić information content (AvgIpc) is 2.14. The van der Waals surface area contributed by atoms with Gasteiger partial charge < -0.3 is 5.73 Å². The van der Waals surface area contributed by atoms with Crippen LogP contribution in [0.1, 0.15) is 20.3 Å². The van der Waals surface area contributed by atoms with E-state index in [0.29, 0.717) is 18.0 Å². The van der Waals surface area contributed by atoms with Gasteiger partial charge in [-0.25, -0.2) is 8.42 Å². The van der Waals surface area contributed by atoms with Crippen molar-refractivity contribution in [2.75, 3.05) is 11.5 Å². The molecular formula is C11H16ClNO2S. The van der Waals surface area contributed by atoms with Crippen molar-refractivity contribution >= 4 is 27.1 Å². The fourth-order valence-electron chi connectivity index (χ4n) is 1.27. The van der Waals surface area contributed by atoms with E-state index in [0.717, 1.165) is 0 Å². The Bertz CT molecular complexity index is 469. The minimum absolute atomic E-state index is 0.119. The van der Waals surface area contributed by atoms with E-state index in [1.54, 1.807) is 6.07 Å². The van der Waals surface area contributed by atoms with Crippen molar-refractivity contribution in [2.45, 2.75) is 25.2 Å². The minimum Gasteiger partial charge on any atom is -0.399 e. The number of nitrogen functional groups attached to an aromatic ring is 1. The van der Waals surface area contributed by atoms with Crippen LogP contribution in [-0.4, -0.2) is 14.2 Å². The number of rotatable bonds is 4. The van der Waals surface area contributed by atoms with E-state index in [1.165, 1.54) is 12.1 Å². The van der Waals surface area contributed by atoms with Gasteiger partial charge in [0.2, 0.25) is 0 Å². The highest BCUT2D eigenvalue weighted by Crippen LogP contribution is 2.25.